The minimum absolute atomic E-state index is 0.716. The fourth-order valence-electron chi connectivity index (χ4n) is 1.73. The first kappa shape index (κ1) is 8.02. The summed E-state index contributed by atoms with van der Waals surface area (Å²) in [4.78, 5) is 0. The second-order valence-electron chi connectivity index (χ2n) is 3.60. The molecule has 1 heterocycles. The van der Waals surface area contributed by atoms with Crippen LogP contribution in [0, 0.1) is 5.92 Å². The number of hydrazine groups is 1. The maximum Gasteiger partial charge on any atom is 0.0217 e. The van der Waals surface area contributed by atoms with Gasteiger partial charge in [0.2, 0.25) is 0 Å². The van der Waals surface area contributed by atoms with Crippen molar-refractivity contribution in [2.45, 2.75) is 26.3 Å². The van der Waals surface area contributed by atoms with Gasteiger partial charge in [0.05, 0.1) is 0 Å². The van der Waals surface area contributed by atoms with E-state index in [9.17, 15) is 0 Å². The Morgan fingerprint density at radius 1 is 1.20 bits per heavy atom. The van der Waals surface area contributed by atoms with Gasteiger partial charge >= 0.3 is 0 Å². The van der Waals surface area contributed by atoms with Gasteiger partial charge in [-0.3, -0.25) is 0 Å². The Bertz CT molecular complexity index is 102. The number of nitrogens with zero attached hydrogens (tertiary/aromatic N) is 2. The Balaban J connectivity index is 2.49. The highest BCUT2D eigenvalue weighted by molar-refractivity contribution is 4.72. The van der Waals surface area contributed by atoms with Crippen LogP contribution in [0.2, 0.25) is 0 Å². The van der Waals surface area contributed by atoms with Crippen molar-refractivity contribution in [1.29, 1.82) is 0 Å². The quantitative estimate of drug-likeness (QED) is 0.501. The van der Waals surface area contributed by atoms with Crippen LogP contribution in [0.3, 0.4) is 0 Å². The van der Waals surface area contributed by atoms with Crippen molar-refractivity contribution in [3.8, 4) is 0 Å². The molecule has 2 atom stereocenters. The lowest BCUT2D eigenvalue weighted by atomic mass is 10.0. The molecule has 0 aromatic rings. The van der Waals surface area contributed by atoms with Gasteiger partial charge in [-0.2, -0.15) is 0 Å². The summed E-state index contributed by atoms with van der Waals surface area (Å²) in [5.41, 5.74) is 0. The molecule has 0 saturated carbocycles. The van der Waals surface area contributed by atoms with Gasteiger partial charge in [0.15, 0.2) is 0 Å². The molecule has 0 radical (unpaired) electrons. The molecule has 1 saturated heterocycles. The van der Waals surface area contributed by atoms with Crippen LogP contribution in [0.25, 0.3) is 0 Å². The molecule has 0 amide bonds. The van der Waals surface area contributed by atoms with E-state index in [1.807, 2.05) is 0 Å². The summed E-state index contributed by atoms with van der Waals surface area (Å²) in [6, 6.07) is 0.716. The number of hydrogen-bond acceptors (Lipinski definition) is 2. The molecule has 0 aromatic heterocycles. The van der Waals surface area contributed by atoms with E-state index >= 15 is 0 Å². The lowest BCUT2D eigenvalue weighted by Gasteiger charge is -2.41. The van der Waals surface area contributed by atoms with Gasteiger partial charge in [-0.25, -0.2) is 10.0 Å². The maximum absolute atomic E-state index is 2.32. The molecule has 2 unspecified atom stereocenters. The Kier molecular flexibility index (Phi) is 2.32. The van der Waals surface area contributed by atoms with Crippen LogP contribution in [0.15, 0.2) is 0 Å². The predicted molar refractivity (Wildman–Crippen MR) is 43.6 cm³/mol. The zero-order chi connectivity index (χ0) is 7.72. The molecule has 0 bridgehead atoms. The summed E-state index contributed by atoms with van der Waals surface area (Å²) in [5.74, 6) is 0.858. The molecule has 0 aliphatic carbocycles. The largest absolute Gasteiger partial charge is 0.245 e. The molecule has 1 rings (SSSR count). The lowest BCUT2D eigenvalue weighted by molar-refractivity contribution is -0.0596. The molecule has 0 spiro atoms. The van der Waals surface area contributed by atoms with Crippen LogP contribution in [0.4, 0.5) is 0 Å². The first-order chi connectivity index (χ1) is 4.61. The first-order valence-electron chi connectivity index (χ1n) is 4.05. The third-order valence-corrected chi connectivity index (χ3v) is 2.50. The zero-order valence-corrected chi connectivity index (χ0v) is 7.46. The van der Waals surface area contributed by atoms with E-state index in [1.54, 1.807) is 0 Å². The highest BCUT2D eigenvalue weighted by Gasteiger charge is 2.23. The summed E-state index contributed by atoms with van der Waals surface area (Å²) in [6.45, 7) is 5.81. The second kappa shape index (κ2) is 2.89. The predicted octanol–water partition coefficient (Wildman–Crippen LogP) is 1.19. The van der Waals surface area contributed by atoms with Crippen molar-refractivity contribution >= 4 is 0 Å². The van der Waals surface area contributed by atoms with E-state index < -0.39 is 0 Å². The van der Waals surface area contributed by atoms with Crippen LogP contribution in [-0.4, -0.2) is 36.7 Å². The fraction of sp³-hybridized carbons (Fsp3) is 1.00. The van der Waals surface area contributed by atoms with Crippen LogP contribution < -0.4 is 0 Å². The van der Waals surface area contributed by atoms with Gasteiger partial charge in [-0.05, 0) is 19.3 Å². The van der Waals surface area contributed by atoms with E-state index in [2.05, 4.69) is 38.0 Å². The summed E-state index contributed by atoms with van der Waals surface area (Å²) in [6.07, 6.45) is 1.33. The summed E-state index contributed by atoms with van der Waals surface area (Å²) >= 11 is 0. The monoisotopic (exact) mass is 142 g/mol. The minimum Gasteiger partial charge on any atom is -0.245 e. The Morgan fingerprint density at radius 2 is 1.80 bits per heavy atom. The zero-order valence-electron chi connectivity index (χ0n) is 7.46. The SMILES string of the molecule is CC1CC(C)N(C)N(C)C1. The lowest BCUT2D eigenvalue weighted by Crippen LogP contribution is -2.49. The van der Waals surface area contributed by atoms with Gasteiger partial charge in [-0.1, -0.05) is 6.92 Å². The van der Waals surface area contributed by atoms with Crippen molar-refractivity contribution in [2.24, 2.45) is 5.92 Å². The molecule has 1 aliphatic rings. The molecule has 1 aliphatic heterocycles. The van der Waals surface area contributed by atoms with Crippen molar-refractivity contribution in [2.75, 3.05) is 20.6 Å². The standard InChI is InChI=1S/C8H18N2/c1-7-5-8(2)10(4)9(3)6-7/h7-8H,5-6H2,1-4H3. The third kappa shape index (κ3) is 1.50. The van der Waals surface area contributed by atoms with Crippen LogP contribution >= 0.6 is 0 Å². The van der Waals surface area contributed by atoms with Gasteiger partial charge in [0.1, 0.15) is 0 Å². The number of hydrogen-bond donors (Lipinski definition) is 0. The molecular formula is C8H18N2. The minimum atomic E-state index is 0.716. The van der Waals surface area contributed by atoms with Crippen molar-refractivity contribution in [1.82, 2.24) is 10.0 Å². The van der Waals surface area contributed by atoms with Gasteiger partial charge < -0.3 is 0 Å². The van der Waals surface area contributed by atoms with E-state index in [-0.39, 0.29) is 0 Å². The smallest absolute Gasteiger partial charge is 0.0217 e. The van der Waals surface area contributed by atoms with Gasteiger partial charge in [-0.15, -0.1) is 0 Å². The molecule has 0 N–H and O–H groups in total. The topological polar surface area (TPSA) is 6.48 Å². The van der Waals surface area contributed by atoms with Crippen molar-refractivity contribution < 1.29 is 0 Å². The summed E-state index contributed by atoms with van der Waals surface area (Å²) in [7, 11) is 4.32. The molecule has 2 nitrogen and oxygen atoms in total. The first-order valence-corrected chi connectivity index (χ1v) is 4.05. The fourth-order valence-corrected chi connectivity index (χ4v) is 1.73. The molecule has 10 heavy (non-hydrogen) atoms. The van der Waals surface area contributed by atoms with E-state index in [0.29, 0.717) is 6.04 Å². The molecule has 2 heteroatoms. The van der Waals surface area contributed by atoms with Crippen molar-refractivity contribution in [3.63, 3.8) is 0 Å². The van der Waals surface area contributed by atoms with E-state index in [0.717, 1.165) is 5.92 Å². The molecule has 60 valence electrons. The Hall–Kier alpha value is -0.0800. The van der Waals surface area contributed by atoms with E-state index in [1.165, 1.54) is 13.0 Å². The van der Waals surface area contributed by atoms with Gasteiger partial charge in [0, 0.05) is 26.7 Å². The van der Waals surface area contributed by atoms with Crippen LogP contribution in [-0.2, 0) is 0 Å². The average Bonchev–Trinajstić information content (AvgIpc) is 1.82. The Labute approximate surface area is 63.8 Å². The summed E-state index contributed by atoms with van der Waals surface area (Å²) < 4.78 is 0. The Morgan fingerprint density at radius 3 is 2.30 bits per heavy atom. The molecule has 1 fully saturated rings. The highest BCUT2D eigenvalue weighted by Crippen LogP contribution is 2.18. The summed E-state index contributed by atoms with van der Waals surface area (Å²) in [5, 5.41) is 4.62. The highest BCUT2D eigenvalue weighted by atomic mass is 15.6. The van der Waals surface area contributed by atoms with Crippen LogP contribution in [0.1, 0.15) is 20.3 Å². The third-order valence-electron chi connectivity index (χ3n) is 2.50. The molecule has 0 aromatic carbocycles. The maximum atomic E-state index is 2.32. The van der Waals surface area contributed by atoms with Crippen LogP contribution in [0.5, 0.6) is 0 Å². The normalized spacial score (nSPS) is 38.4. The number of rotatable bonds is 0. The average molecular weight is 142 g/mol. The molecular weight excluding hydrogens is 124 g/mol. The second-order valence-corrected chi connectivity index (χ2v) is 3.60. The van der Waals surface area contributed by atoms with Crippen molar-refractivity contribution in [3.05, 3.63) is 0 Å². The van der Waals surface area contributed by atoms with E-state index in [4.69, 9.17) is 0 Å². The van der Waals surface area contributed by atoms with Gasteiger partial charge in [0.25, 0.3) is 0 Å².